The number of ether oxygens (including phenoxy) is 2. The monoisotopic (exact) mass is 252 g/mol. The van der Waals surface area contributed by atoms with Gasteiger partial charge in [0.1, 0.15) is 5.75 Å². The van der Waals surface area contributed by atoms with Crippen molar-refractivity contribution in [1.82, 2.24) is 0 Å². The Hall–Kier alpha value is -1.68. The smallest absolute Gasteiger partial charge is 0.173 e. The van der Waals surface area contributed by atoms with E-state index in [1.165, 1.54) is 12.2 Å². The minimum atomic E-state index is -1.56. The van der Waals surface area contributed by atoms with Gasteiger partial charge in [0, 0.05) is 0 Å². The molecule has 3 nitrogen and oxygen atoms in total. The second kappa shape index (κ2) is 7.61. The zero-order valence-electron chi connectivity index (χ0n) is 10.5. The van der Waals surface area contributed by atoms with E-state index >= 15 is 0 Å². The van der Waals surface area contributed by atoms with Crippen molar-refractivity contribution in [2.24, 2.45) is 0 Å². The summed E-state index contributed by atoms with van der Waals surface area (Å²) in [6.45, 7) is 2.21. The summed E-state index contributed by atoms with van der Waals surface area (Å²) in [4.78, 5) is 10.1. The van der Waals surface area contributed by atoms with Crippen molar-refractivity contribution in [3.05, 3.63) is 42.0 Å². The predicted octanol–water partition coefficient (Wildman–Crippen LogP) is 2.69. The van der Waals surface area contributed by atoms with Crippen LogP contribution in [-0.4, -0.2) is 25.7 Å². The average Bonchev–Trinajstić information content (AvgIpc) is 2.42. The zero-order chi connectivity index (χ0) is 13.4. The summed E-state index contributed by atoms with van der Waals surface area (Å²) in [5.74, 6) is 0.790. The van der Waals surface area contributed by atoms with Crippen LogP contribution in [0.2, 0.25) is 0 Å². The molecular formula is C14H17FO3. The molecule has 1 aromatic rings. The maximum atomic E-state index is 12.6. The summed E-state index contributed by atoms with van der Waals surface area (Å²) in [5.41, 5.74) is 1.00. The van der Waals surface area contributed by atoms with Crippen LogP contribution in [0.3, 0.4) is 0 Å². The van der Waals surface area contributed by atoms with Gasteiger partial charge in [-0.25, -0.2) is 4.39 Å². The third-order valence-electron chi connectivity index (χ3n) is 2.37. The molecule has 2 atom stereocenters. The minimum Gasteiger partial charge on any atom is -0.497 e. The van der Waals surface area contributed by atoms with Crippen LogP contribution in [0.15, 0.2) is 36.4 Å². The van der Waals surface area contributed by atoms with E-state index in [0.29, 0.717) is 6.61 Å². The molecule has 1 aromatic carbocycles. The molecule has 0 heterocycles. The summed E-state index contributed by atoms with van der Waals surface area (Å²) < 4.78 is 23.1. The quantitative estimate of drug-likeness (QED) is 0.553. The molecule has 0 saturated carbocycles. The van der Waals surface area contributed by atoms with Crippen LogP contribution < -0.4 is 4.74 Å². The Labute approximate surface area is 106 Å². The van der Waals surface area contributed by atoms with E-state index in [9.17, 15) is 9.18 Å². The molecule has 0 fully saturated rings. The lowest BCUT2D eigenvalue weighted by Crippen LogP contribution is -2.06. The Morgan fingerprint density at radius 2 is 1.94 bits per heavy atom. The highest BCUT2D eigenvalue weighted by atomic mass is 19.1. The number of allylic oxidation sites excluding steroid dienone is 1. The predicted molar refractivity (Wildman–Crippen MR) is 67.3 cm³/mol. The number of benzene rings is 1. The van der Waals surface area contributed by atoms with E-state index in [4.69, 9.17) is 9.47 Å². The third-order valence-corrected chi connectivity index (χ3v) is 2.37. The summed E-state index contributed by atoms with van der Waals surface area (Å²) in [7, 11) is 1.61. The lowest BCUT2D eigenvalue weighted by molar-refractivity contribution is -0.110. The van der Waals surface area contributed by atoms with E-state index in [1.807, 2.05) is 24.3 Å². The van der Waals surface area contributed by atoms with Gasteiger partial charge >= 0.3 is 0 Å². The van der Waals surface area contributed by atoms with Crippen molar-refractivity contribution in [2.45, 2.75) is 25.8 Å². The van der Waals surface area contributed by atoms with Crippen molar-refractivity contribution in [2.75, 3.05) is 7.11 Å². The molecule has 1 rings (SSSR count). The van der Waals surface area contributed by atoms with Crippen LogP contribution in [0.5, 0.6) is 5.75 Å². The van der Waals surface area contributed by atoms with Gasteiger partial charge in [0.05, 0.1) is 19.8 Å². The number of aldehydes is 1. The Balaban J connectivity index is 2.39. The Morgan fingerprint density at radius 3 is 2.50 bits per heavy atom. The van der Waals surface area contributed by atoms with Crippen LogP contribution in [0.25, 0.3) is 0 Å². The SMILES string of the molecule is COc1ccc(CO[C@H](C)C=CC(F)C=O)cc1. The Morgan fingerprint density at radius 1 is 1.28 bits per heavy atom. The van der Waals surface area contributed by atoms with Gasteiger partial charge in [-0.3, -0.25) is 4.79 Å². The fraction of sp³-hybridized carbons (Fsp3) is 0.357. The van der Waals surface area contributed by atoms with Gasteiger partial charge in [0.25, 0.3) is 0 Å². The second-order valence-corrected chi connectivity index (χ2v) is 3.83. The molecular weight excluding hydrogens is 235 g/mol. The molecule has 0 aromatic heterocycles. The van der Waals surface area contributed by atoms with Gasteiger partial charge in [0.15, 0.2) is 12.5 Å². The van der Waals surface area contributed by atoms with Crippen molar-refractivity contribution in [3.63, 3.8) is 0 Å². The first-order valence-electron chi connectivity index (χ1n) is 5.68. The largest absolute Gasteiger partial charge is 0.497 e. The molecule has 0 N–H and O–H groups in total. The van der Waals surface area contributed by atoms with Gasteiger partial charge in [0.2, 0.25) is 0 Å². The number of halogens is 1. The van der Waals surface area contributed by atoms with Crippen LogP contribution in [0, 0.1) is 0 Å². The second-order valence-electron chi connectivity index (χ2n) is 3.83. The van der Waals surface area contributed by atoms with Crippen LogP contribution in [0.1, 0.15) is 12.5 Å². The van der Waals surface area contributed by atoms with Gasteiger partial charge in [-0.1, -0.05) is 18.2 Å². The zero-order valence-corrected chi connectivity index (χ0v) is 10.5. The minimum absolute atomic E-state index is 0.243. The standard InChI is InChI=1S/C14H17FO3/c1-11(3-6-13(15)9-16)18-10-12-4-7-14(17-2)8-5-12/h3-9,11,13H,10H2,1-2H3/t11-,13?/m1/s1. The van der Waals surface area contributed by atoms with Crippen LogP contribution in [0.4, 0.5) is 4.39 Å². The summed E-state index contributed by atoms with van der Waals surface area (Å²) in [6.07, 6.45) is 1.16. The lowest BCUT2D eigenvalue weighted by Gasteiger charge is -2.09. The third kappa shape index (κ3) is 5.10. The van der Waals surface area contributed by atoms with Gasteiger partial charge in [-0.15, -0.1) is 0 Å². The highest BCUT2D eigenvalue weighted by molar-refractivity contribution is 5.58. The van der Waals surface area contributed by atoms with Crippen molar-refractivity contribution in [1.29, 1.82) is 0 Å². The molecule has 0 aliphatic carbocycles. The van der Waals surface area contributed by atoms with Crippen molar-refractivity contribution >= 4 is 6.29 Å². The first kappa shape index (κ1) is 14.4. The fourth-order valence-electron chi connectivity index (χ4n) is 1.31. The molecule has 0 aliphatic heterocycles. The number of rotatable bonds is 7. The van der Waals surface area contributed by atoms with E-state index in [1.54, 1.807) is 14.0 Å². The molecule has 0 saturated heterocycles. The maximum absolute atomic E-state index is 12.6. The summed E-state index contributed by atoms with van der Waals surface area (Å²) in [5, 5.41) is 0. The number of alkyl halides is 1. The maximum Gasteiger partial charge on any atom is 0.173 e. The van der Waals surface area contributed by atoms with Crippen molar-refractivity contribution < 1.29 is 18.7 Å². The van der Waals surface area contributed by atoms with Gasteiger partial charge in [-0.05, 0) is 30.7 Å². The van der Waals surface area contributed by atoms with E-state index < -0.39 is 6.17 Å². The molecule has 1 unspecified atom stereocenters. The lowest BCUT2D eigenvalue weighted by atomic mass is 10.2. The average molecular weight is 252 g/mol. The topological polar surface area (TPSA) is 35.5 Å². The number of carbonyl (C=O) groups is 1. The number of hydrogen-bond donors (Lipinski definition) is 0. The van der Waals surface area contributed by atoms with Gasteiger partial charge in [-0.2, -0.15) is 0 Å². The molecule has 4 heteroatoms. The molecule has 0 amide bonds. The highest BCUT2D eigenvalue weighted by Crippen LogP contribution is 2.12. The highest BCUT2D eigenvalue weighted by Gasteiger charge is 2.01. The van der Waals surface area contributed by atoms with E-state index in [0.717, 1.165) is 11.3 Å². The Kier molecular flexibility index (Phi) is 6.08. The van der Waals surface area contributed by atoms with E-state index in [2.05, 4.69) is 0 Å². The Bertz CT molecular complexity index is 387. The summed E-state index contributed by atoms with van der Waals surface area (Å²) >= 11 is 0. The normalized spacial score (nSPS) is 14.4. The number of hydrogen-bond acceptors (Lipinski definition) is 3. The molecule has 18 heavy (non-hydrogen) atoms. The molecule has 0 aliphatic rings. The van der Waals surface area contributed by atoms with E-state index in [-0.39, 0.29) is 12.4 Å². The van der Waals surface area contributed by atoms with Gasteiger partial charge < -0.3 is 9.47 Å². The van der Waals surface area contributed by atoms with Crippen molar-refractivity contribution in [3.8, 4) is 5.75 Å². The fourth-order valence-corrected chi connectivity index (χ4v) is 1.31. The first-order valence-corrected chi connectivity index (χ1v) is 5.68. The molecule has 0 bridgehead atoms. The summed E-state index contributed by atoms with van der Waals surface area (Å²) in [6, 6.07) is 7.50. The van der Waals surface area contributed by atoms with Crippen LogP contribution in [-0.2, 0) is 16.1 Å². The molecule has 98 valence electrons. The number of methoxy groups -OCH3 is 1. The van der Waals surface area contributed by atoms with Crippen LogP contribution >= 0.6 is 0 Å². The molecule has 0 radical (unpaired) electrons. The first-order chi connectivity index (χ1) is 8.65. The number of carbonyl (C=O) groups excluding carboxylic acids is 1. The molecule has 0 spiro atoms.